The largest absolute Gasteiger partial charge is 0.493 e. The lowest BCUT2D eigenvalue weighted by Gasteiger charge is -2.29. The van der Waals surface area contributed by atoms with Gasteiger partial charge in [0, 0.05) is 34.2 Å². The minimum atomic E-state index is -4.18. The maximum absolute atomic E-state index is 15.0. The topological polar surface area (TPSA) is 75.7 Å². The van der Waals surface area contributed by atoms with Gasteiger partial charge in [-0.05, 0) is 55.4 Å². The fourth-order valence-electron chi connectivity index (χ4n) is 2.85. The summed E-state index contributed by atoms with van der Waals surface area (Å²) in [5.41, 5.74) is -0.442. The Morgan fingerprint density at radius 2 is 2.00 bits per heavy atom. The molecule has 3 fully saturated rings. The molecule has 2 aliphatic carbocycles. The van der Waals surface area contributed by atoms with E-state index in [1.165, 1.54) is 0 Å². The highest BCUT2D eigenvalue weighted by atomic mass is 32.2. The third-order valence-corrected chi connectivity index (χ3v) is 6.15. The molecule has 2 saturated carbocycles. The van der Waals surface area contributed by atoms with E-state index in [0.29, 0.717) is 25.3 Å². The number of benzene rings is 1. The van der Waals surface area contributed by atoms with Gasteiger partial charge >= 0.3 is 10.2 Å². The van der Waals surface area contributed by atoms with Crippen LogP contribution in [0.2, 0.25) is 0 Å². The molecule has 1 aromatic rings. The Bertz CT molecular complexity index is 1270. The number of carbonyl (C=O) groups excluding carboxylic acids is 1. The highest BCUT2D eigenvalue weighted by molar-refractivity contribution is 7.87. The molecule has 1 N–H and O–H groups in total. The number of ether oxygens (including phenoxy) is 1. The quantitative estimate of drug-likeness (QED) is 0.733. The molecule has 1 aromatic carbocycles. The SMILES string of the molecule is [2H]C1([2H])C([2H])([2H])C([2H])([2H])C([2H])(COc2cc(F)c(C(=O)NS(=O)(=O)N3CCC3)cc2C2CC2)C([2H])([2H])C1([2H])[2H]. The summed E-state index contributed by atoms with van der Waals surface area (Å²) in [5, 5.41) is 0. The first-order valence-corrected chi connectivity index (χ1v) is 10.3. The molecule has 0 unspecified atom stereocenters. The molecular formula is C20H27FN2O4S. The van der Waals surface area contributed by atoms with Gasteiger partial charge in [0.2, 0.25) is 0 Å². The van der Waals surface area contributed by atoms with Gasteiger partial charge < -0.3 is 4.74 Å². The zero-order valence-corrected chi connectivity index (χ0v) is 15.7. The predicted molar refractivity (Wildman–Crippen MR) is 103 cm³/mol. The molecule has 1 heterocycles. The van der Waals surface area contributed by atoms with Gasteiger partial charge in [-0.2, -0.15) is 12.7 Å². The summed E-state index contributed by atoms with van der Waals surface area (Å²) >= 11 is 0. The number of hydrogen-bond acceptors (Lipinski definition) is 4. The van der Waals surface area contributed by atoms with Crippen LogP contribution in [0.1, 0.15) is 88.0 Å². The number of nitrogens with zero attached hydrogens (tertiary/aromatic N) is 1. The molecule has 0 radical (unpaired) electrons. The molecule has 28 heavy (non-hydrogen) atoms. The highest BCUT2D eigenvalue weighted by Crippen LogP contribution is 2.45. The summed E-state index contributed by atoms with van der Waals surface area (Å²) in [6.07, 6.45) is -16.6. The second-order valence-corrected chi connectivity index (χ2v) is 8.40. The molecular weight excluding hydrogens is 383 g/mol. The molecule has 4 rings (SSSR count). The monoisotopic (exact) mass is 421 g/mol. The second-order valence-electron chi connectivity index (χ2n) is 6.73. The van der Waals surface area contributed by atoms with Crippen molar-refractivity contribution in [1.82, 2.24) is 9.03 Å². The number of amides is 1. The van der Waals surface area contributed by atoms with E-state index in [1.807, 2.05) is 0 Å². The molecule has 0 bridgehead atoms. The third-order valence-electron chi connectivity index (χ3n) is 4.66. The van der Waals surface area contributed by atoms with Gasteiger partial charge in [0.05, 0.1) is 12.2 Å². The Hall–Kier alpha value is -1.67. The van der Waals surface area contributed by atoms with Crippen LogP contribution in [-0.4, -0.2) is 38.3 Å². The molecule has 1 amide bonds. The van der Waals surface area contributed by atoms with Gasteiger partial charge in [-0.15, -0.1) is 0 Å². The average molecular weight is 422 g/mol. The van der Waals surface area contributed by atoms with Crippen LogP contribution in [0.5, 0.6) is 5.75 Å². The Balaban J connectivity index is 1.68. The lowest BCUT2D eigenvalue weighted by atomic mass is 9.90. The Kier molecular flexibility index (Phi) is 2.96. The predicted octanol–water partition coefficient (Wildman–Crippen LogP) is 3.34. The first-order chi connectivity index (χ1) is 17.6. The van der Waals surface area contributed by atoms with Gasteiger partial charge in [0.25, 0.3) is 5.91 Å². The van der Waals surface area contributed by atoms with E-state index in [2.05, 4.69) is 0 Å². The molecule has 1 saturated heterocycles. The fourth-order valence-corrected chi connectivity index (χ4v) is 4.06. The summed E-state index contributed by atoms with van der Waals surface area (Å²) in [7, 11) is -4.18. The third kappa shape index (κ3) is 4.33. The molecule has 8 heteroatoms. The van der Waals surface area contributed by atoms with Crippen LogP contribution >= 0.6 is 0 Å². The zero-order chi connectivity index (χ0) is 29.6. The van der Waals surface area contributed by atoms with E-state index < -0.39 is 71.9 Å². The number of rotatable bonds is 7. The number of nitrogens with one attached hydrogen (secondary N) is 1. The number of carbonyl (C=O) groups is 1. The molecule has 154 valence electrons. The first-order valence-electron chi connectivity index (χ1n) is 14.4. The van der Waals surface area contributed by atoms with Crippen molar-refractivity contribution < 1.29 is 37.4 Å². The van der Waals surface area contributed by atoms with E-state index in [4.69, 9.17) is 19.8 Å². The van der Waals surface area contributed by atoms with Crippen molar-refractivity contribution in [3.8, 4) is 5.75 Å². The van der Waals surface area contributed by atoms with Crippen molar-refractivity contribution >= 4 is 16.1 Å². The van der Waals surface area contributed by atoms with E-state index in [0.717, 1.165) is 10.4 Å². The van der Waals surface area contributed by atoms with Crippen LogP contribution in [0.15, 0.2) is 12.1 Å². The highest BCUT2D eigenvalue weighted by Gasteiger charge is 2.33. The van der Waals surface area contributed by atoms with Crippen molar-refractivity contribution in [3.63, 3.8) is 0 Å². The van der Waals surface area contributed by atoms with E-state index in [1.54, 1.807) is 4.72 Å². The van der Waals surface area contributed by atoms with E-state index in [9.17, 15) is 13.2 Å². The molecule has 3 aliphatic rings. The van der Waals surface area contributed by atoms with Gasteiger partial charge in [-0.3, -0.25) is 4.79 Å². The number of halogens is 1. The minimum absolute atomic E-state index is 0.185. The molecule has 0 atom stereocenters. The van der Waals surface area contributed by atoms with Crippen LogP contribution in [0.4, 0.5) is 4.39 Å². The van der Waals surface area contributed by atoms with Gasteiger partial charge in [-0.25, -0.2) is 9.11 Å². The summed E-state index contributed by atoms with van der Waals surface area (Å²) in [4.78, 5) is 12.6. The van der Waals surface area contributed by atoms with Gasteiger partial charge in [0.1, 0.15) is 11.6 Å². The Morgan fingerprint density at radius 3 is 2.61 bits per heavy atom. The smallest absolute Gasteiger partial charge is 0.304 e. The normalized spacial score (nSPS) is 37.1. The lowest BCUT2D eigenvalue weighted by Crippen LogP contribution is -2.49. The van der Waals surface area contributed by atoms with Crippen LogP contribution in [0.3, 0.4) is 0 Å². The lowest BCUT2D eigenvalue weighted by molar-refractivity contribution is 0.0973. The first kappa shape index (κ1) is 10.4. The van der Waals surface area contributed by atoms with Crippen LogP contribution < -0.4 is 9.46 Å². The van der Waals surface area contributed by atoms with E-state index in [-0.39, 0.29) is 30.3 Å². The van der Waals surface area contributed by atoms with Crippen molar-refractivity contribution in [2.75, 3.05) is 19.7 Å². The number of hydrogen-bond donors (Lipinski definition) is 1. The Labute approximate surface area is 181 Å². The van der Waals surface area contributed by atoms with Gasteiger partial charge in [0.15, 0.2) is 0 Å². The average Bonchev–Trinajstić information content (AvgIpc) is 3.59. The summed E-state index contributed by atoms with van der Waals surface area (Å²) in [6.45, 7) is -0.924. The molecule has 0 aromatic heterocycles. The Morgan fingerprint density at radius 1 is 1.29 bits per heavy atom. The maximum Gasteiger partial charge on any atom is 0.304 e. The van der Waals surface area contributed by atoms with Crippen molar-refractivity contribution in [3.05, 3.63) is 29.1 Å². The molecule has 0 spiro atoms. The molecule has 6 nitrogen and oxygen atoms in total. The van der Waals surface area contributed by atoms with Crippen LogP contribution in [0, 0.1) is 11.7 Å². The van der Waals surface area contributed by atoms with Crippen molar-refractivity contribution in [1.29, 1.82) is 0 Å². The zero-order valence-electron chi connectivity index (χ0n) is 25.8. The standard InChI is InChI=1S/C20H27FN2O4S/c21-18-12-19(27-13-14-5-2-1-3-6-14)16(15-7-8-15)11-17(18)20(24)22-28(25,26)23-9-4-10-23/h11-12,14-15H,1-10,13H2,(H,22,24)/i1D2,2D2,3D2,5D2,6D2,14D. The second kappa shape index (κ2) is 7.99. The summed E-state index contributed by atoms with van der Waals surface area (Å²) in [6, 6.07) is 1.74. The van der Waals surface area contributed by atoms with Crippen LogP contribution in [0.25, 0.3) is 0 Å². The van der Waals surface area contributed by atoms with Gasteiger partial charge in [-0.1, -0.05) is 19.1 Å². The molecule has 1 aliphatic heterocycles. The maximum atomic E-state index is 15.0. The summed E-state index contributed by atoms with van der Waals surface area (Å²) in [5.74, 6) is -6.47. The van der Waals surface area contributed by atoms with Crippen LogP contribution in [-0.2, 0) is 10.2 Å². The van der Waals surface area contributed by atoms with E-state index >= 15 is 4.39 Å². The fraction of sp³-hybridized carbons (Fsp3) is 0.650. The van der Waals surface area contributed by atoms with Crippen molar-refractivity contribution in [2.45, 2.75) is 57.0 Å². The minimum Gasteiger partial charge on any atom is -0.493 e. The van der Waals surface area contributed by atoms with Crippen molar-refractivity contribution in [2.24, 2.45) is 5.89 Å². The summed E-state index contributed by atoms with van der Waals surface area (Å²) < 4.78 is 137.